The lowest BCUT2D eigenvalue weighted by Gasteiger charge is -2.45. The first-order chi connectivity index (χ1) is 16.3. The van der Waals surface area contributed by atoms with E-state index in [2.05, 4.69) is 6.58 Å². The predicted molar refractivity (Wildman–Crippen MR) is 118 cm³/mol. The number of esters is 1. The molecule has 1 aromatic rings. The van der Waals surface area contributed by atoms with Crippen LogP contribution in [0.5, 0.6) is 0 Å². The molecule has 0 aliphatic carbocycles. The highest BCUT2D eigenvalue weighted by Crippen LogP contribution is 2.52. The molecule has 7 unspecified atom stereocenters. The van der Waals surface area contributed by atoms with Gasteiger partial charge >= 0.3 is 17.9 Å². The number of aliphatic hydroxyl groups excluding tert-OH is 2. The number of benzene rings is 1. The molecule has 1 aromatic carbocycles. The second-order valence-corrected chi connectivity index (χ2v) is 9.15. The van der Waals surface area contributed by atoms with Crippen LogP contribution in [0, 0.1) is 5.92 Å². The van der Waals surface area contributed by atoms with Crippen molar-refractivity contribution in [2.24, 2.45) is 5.92 Å². The summed E-state index contributed by atoms with van der Waals surface area (Å²) in [5, 5.41) is 50.9. The number of carbonyl (C=O) groups is 3. The van der Waals surface area contributed by atoms with Crippen molar-refractivity contribution in [3.63, 3.8) is 0 Å². The van der Waals surface area contributed by atoms with E-state index in [1.54, 1.807) is 0 Å². The highest BCUT2D eigenvalue weighted by atomic mass is 16.8. The lowest BCUT2D eigenvalue weighted by molar-refractivity contribution is -0.354. The molecule has 7 atom stereocenters. The summed E-state index contributed by atoms with van der Waals surface area (Å²) >= 11 is 0. The highest BCUT2D eigenvalue weighted by molar-refractivity contribution is 5.92. The minimum atomic E-state index is -3.15. The Morgan fingerprint density at radius 3 is 2.31 bits per heavy atom. The molecule has 0 saturated carbocycles. The van der Waals surface area contributed by atoms with E-state index < -0.39 is 59.8 Å². The molecule has 0 spiro atoms. The molecule has 2 bridgehead atoms. The molecule has 35 heavy (non-hydrogen) atoms. The fourth-order valence-electron chi connectivity index (χ4n) is 4.82. The van der Waals surface area contributed by atoms with Crippen molar-refractivity contribution in [1.29, 1.82) is 0 Å². The van der Waals surface area contributed by atoms with E-state index in [4.69, 9.17) is 14.2 Å². The molecule has 11 heteroatoms. The van der Waals surface area contributed by atoms with Crippen molar-refractivity contribution >= 4 is 17.9 Å². The Kier molecular flexibility index (Phi) is 7.39. The lowest BCUT2D eigenvalue weighted by atomic mass is 9.78. The SMILES string of the molecule is C=C(CCC12OCC(O)(C(=O)O)C(C(=O)O)(O1)C(O)C2O)C(OC(C)=O)C(C)Cc1ccccc1. The minimum Gasteiger partial charge on any atom is -0.479 e. The van der Waals surface area contributed by atoms with Gasteiger partial charge in [0.1, 0.15) is 18.3 Å². The zero-order valence-electron chi connectivity index (χ0n) is 19.4. The smallest absolute Gasteiger partial charge is 0.342 e. The Bertz CT molecular complexity index is 994. The Morgan fingerprint density at radius 1 is 1.14 bits per heavy atom. The van der Waals surface area contributed by atoms with Crippen LogP contribution in [-0.2, 0) is 35.0 Å². The van der Waals surface area contributed by atoms with Gasteiger partial charge in [0.2, 0.25) is 11.2 Å². The number of carboxylic acids is 2. The topological polar surface area (TPSA) is 180 Å². The van der Waals surface area contributed by atoms with Gasteiger partial charge in [-0.05, 0) is 24.0 Å². The first-order valence-corrected chi connectivity index (χ1v) is 11.1. The van der Waals surface area contributed by atoms with Crippen molar-refractivity contribution in [2.75, 3.05) is 6.61 Å². The number of aliphatic carboxylic acids is 2. The van der Waals surface area contributed by atoms with E-state index in [0.29, 0.717) is 12.0 Å². The number of ether oxygens (including phenoxy) is 3. The summed E-state index contributed by atoms with van der Waals surface area (Å²) in [6.45, 7) is 6.07. The normalized spacial score (nSPS) is 33.5. The number of hydrogen-bond acceptors (Lipinski definition) is 9. The average molecular weight is 494 g/mol. The number of fused-ring (bicyclic) bond motifs is 2. The van der Waals surface area contributed by atoms with Crippen LogP contribution in [0.2, 0.25) is 0 Å². The van der Waals surface area contributed by atoms with Crippen LogP contribution in [0.3, 0.4) is 0 Å². The van der Waals surface area contributed by atoms with E-state index in [9.17, 15) is 39.9 Å². The van der Waals surface area contributed by atoms with Gasteiger partial charge in [0.15, 0.2) is 5.79 Å². The standard InChI is InChI=1S/C24H30O11/c1-13(17(34-15(3)25)14(2)11-16-7-5-4-6-8-16)9-10-23-18(26)19(27)24(35-23,21(30)31)22(32,12-33-23)20(28)29/h4-8,14,17-19,26-27,32H,1,9-12H2,2-3H3,(H,28,29)(H,30,31). The van der Waals surface area contributed by atoms with Crippen LogP contribution < -0.4 is 0 Å². The van der Waals surface area contributed by atoms with Gasteiger partial charge in [-0.15, -0.1) is 0 Å². The number of carboxylic acid groups (broad SMARTS) is 2. The summed E-state index contributed by atoms with van der Waals surface area (Å²) in [5.41, 5.74) is -4.79. The van der Waals surface area contributed by atoms with E-state index in [1.807, 2.05) is 37.3 Å². The summed E-state index contributed by atoms with van der Waals surface area (Å²) < 4.78 is 16.3. The fourth-order valence-corrected chi connectivity index (χ4v) is 4.82. The number of hydrogen-bond donors (Lipinski definition) is 5. The van der Waals surface area contributed by atoms with Crippen LogP contribution in [-0.4, -0.2) is 85.3 Å². The van der Waals surface area contributed by atoms with Crippen LogP contribution in [0.4, 0.5) is 0 Å². The van der Waals surface area contributed by atoms with Gasteiger partial charge in [-0.3, -0.25) is 4.79 Å². The second-order valence-electron chi connectivity index (χ2n) is 9.15. The summed E-state index contributed by atoms with van der Waals surface area (Å²) in [7, 11) is 0. The molecule has 11 nitrogen and oxygen atoms in total. The summed E-state index contributed by atoms with van der Waals surface area (Å²) in [5.74, 6) is -6.82. The average Bonchev–Trinajstić information content (AvgIpc) is 3.00. The summed E-state index contributed by atoms with van der Waals surface area (Å²) in [6, 6.07) is 9.50. The molecule has 2 aliphatic heterocycles. The van der Waals surface area contributed by atoms with E-state index in [1.165, 1.54) is 6.92 Å². The first kappa shape index (κ1) is 26.8. The van der Waals surface area contributed by atoms with Crippen molar-refractivity contribution in [2.45, 2.75) is 68.4 Å². The van der Waals surface area contributed by atoms with E-state index >= 15 is 0 Å². The molecule has 192 valence electrons. The van der Waals surface area contributed by atoms with Crippen molar-refractivity contribution in [1.82, 2.24) is 0 Å². The summed E-state index contributed by atoms with van der Waals surface area (Å²) in [4.78, 5) is 35.5. The molecule has 0 aromatic heterocycles. The predicted octanol–water partition coefficient (Wildman–Crippen LogP) is 0.251. The maximum Gasteiger partial charge on any atom is 0.342 e. The van der Waals surface area contributed by atoms with Gasteiger partial charge in [-0.2, -0.15) is 0 Å². The third-order valence-electron chi connectivity index (χ3n) is 6.72. The third-order valence-corrected chi connectivity index (χ3v) is 6.72. The fraction of sp³-hybridized carbons (Fsp3) is 0.542. The monoisotopic (exact) mass is 494 g/mol. The molecule has 2 fully saturated rings. The maximum atomic E-state index is 12.0. The van der Waals surface area contributed by atoms with Crippen molar-refractivity contribution < 1.29 is 54.1 Å². The Labute approximate surface area is 201 Å². The highest BCUT2D eigenvalue weighted by Gasteiger charge is 2.80. The largest absolute Gasteiger partial charge is 0.479 e. The van der Waals surface area contributed by atoms with Gasteiger partial charge in [0.25, 0.3) is 0 Å². The third kappa shape index (κ3) is 4.45. The second kappa shape index (κ2) is 9.67. The van der Waals surface area contributed by atoms with Crippen LogP contribution in [0.25, 0.3) is 0 Å². The maximum absolute atomic E-state index is 12.0. The van der Waals surface area contributed by atoms with Gasteiger partial charge in [0.05, 0.1) is 6.61 Å². The van der Waals surface area contributed by atoms with Gasteiger partial charge in [-0.1, -0.05) is 43.8 Å². The van der Waals surface area contributed by atoms with E-state index in [-0.39, 0.29) is 18.8 Å². The van der Waals surface area contributed by atoms with Crippen LogP contribution in [0.15, 0.2) is 42.5 Å². The number of rotatable bonds is 10. The van der Waals surface area contributed by atoms with Crippen molar-refractivity contribution in [3.05, 3.63) is 48.0 Å². The Balaban J connectivity index is 1.81. The quantitative estimate of drug-likeness (QED) is 0.222. The zero-order chi connectivity index (χ0) is 26.2. The summed E-state index contributed by atoms with van der Waals surface area (Å²) in [6.07, 6.45) is -4.74. The lowest BCUT2D eigenvalue weighted by Crippen LogP contribution is -2.73. The number of carbonyl (C=O) groups excluding carboxylic acids is 1. The molecule has 0 amide bonds. The van der Waals surface area contributed by atoms with Gasteiger partial charge in [0, 0.05) is 19.3 Å². The molecular formula is C24H30O11. The number of aliphatic hydroxyl groups is 3. The Hall–Kier alpha value is -2.83. The van der Waals surface area contributed by atoms with Crippen LogP contribution >= 0.6 is 0 Å². The van der Waals surface area contributed by atoms with E-state index in [0.717, 1.165) is 5.56 Å². The molecule has 0 radical (unpaired) electrons. The molecule has 2 heterocycles. The molecule has 5 N–H and O–H groups in total. The minimum absolute atomic E-state index is 0.00204. The van der Waals surface area contributed by atoms with Crippen molar-refractivity contribution in [3.8, 4) is 0 Å². The van der Waals surface area contributed by atoms with Crippen LogP contribution in [0.1, 0.15) is 32.3 Å². The molecule has 2 saturated heterocycles. The molecule has 3 rings (SSSR count). The first-order valence-electron chi connectivity index (χ1n) is 11.1. The van der Waals surface area contributed by atoms with Gasteiger partial charge < -0.3 is 39.7 Å². The zero-order valence-corrected chi connectivity index (χ0v) is 19.4. The molecule has 2 aliphatic rings. The van der Waals surface area contributed by atoms with Gasteiger partial charge in [-0.25, -0.2) is 9.59 Å². The Morgan fingerprint density at radius 2 is 1.77 bits per heavy atom. The molecular weight excluding hydrogens is 464 g/mol.